The molecule has 0 radical (unpaired) electrons. The second-order valence-corrected chi connectivity index (χ2v) is 6.38. The van der Waals surface area contributed by atoms with Crippen molar-refractivity contribution >= 4 is 12.0 Å². The van der Waals surface area contributed by atoms with Crippen LogP contribution >= 0.6 is 0 Å². The van der Waals surface area contributed by atoms with E-state index < -0.39 is 0 Å². The van der Waals surface area contributed by atoms with Crippen LogP contribution in [0.15, 0.2) is 24.3 Å². The van der Waals surface area contributed by atoms with Crippen LogP contribution in [0.5, 0.6) is 11.5 Å². The van der Waals surface area contributed by atoms with Crippen molar-refractivity contribution in [3.63, 3.8) is 0 Å². The smallest absolute Gasteiger partial charge is 0.247 e. The Bertz CT molecular complexity index is 542. The average Bonchev–Trinajstić information content (AvgIpc) is 2.53. The van der Waals surface area contributed by atoms with E-state index in [0.717, 1.165) is 24.2 Å². The van der Waals surface area contributed by atoms with Crippen molar-refractivity contribution in [2.45, 2.75) is 59.5 Å². The summed E-state index contributed by atoms with van der Waals surface area (Å²) >= 11 is 0. The number of benzene rings is 1. The van der Waals surface area contributed by atoms with E-state index in [-0.39, 0.29) is 18.0 Å². The van der Waals surface area contributed by atoms with Crippen LogP contribution in [0, 0.1) is 0 Å². The molecule has 0 heterocycles. The number of carbonyl (C=O) groups excluding carboxylic acids is 1. The second kappa shape index (κ2) is 10.0. The highest BCUT2D eigenvalue weighted by molar-refractivity contribution is 5.92. The van der Waals surface area contributed by atoms with E-state index in [1.165, 1.54) is 0 Å². The Morgan fingerprint density at radius 2 is 1.83 bits per heavy atom. The van der Waals surface area contributed by atoms with E-state index in [9.17, 15) is 4.79 Å². The summed E-state index contributed by atoms with van der Waals surface area (Å²) in [6.07, 6.45) is 5.54. The monoisotopic (exact) mass is 333 g/mol. The molecule has 0 aliphatic heterocycles. The van der Waals surface area contributed by atoms with E-state index >= 15 is 0 Å². The summed E-state index contributed by atoms with van der Waals surface area (Å²) in [6.45, 7) is 10.9. The SMILES string of the molecule is CCCCOc1ccc(/C=C/C(=O)N(C(C)C)C(C)C)cc1OC. The lowest BCUT2D eigenvalue weighted by molar-refractivity contribution is -0.129. The first-order chi connectivity index (χ1) is 11.4. The minimum Gasteiger partial charge on any atom is -0.493 e. The third kappa shape index (κ3) is 5.91. The van der Waals surface area contributed by atoms with Gasteiger partial charge in [-0.15, -0.1) is 0 Å². The molecule has 4 nitrogen and oxygen atoms in total. The van der Waals surface area contributed by atoms with E-state index in [0.29, 0.717) is 12.4 Å². The molecular formula is C20H31NO3. The molecule has 0 aromatic heterocycles. The minimum atomic E-state index is 0.0160. The summed E-state index contributed by atoms with van der Waals surface area (Å²) in [4.78, 5) is 14.2. The number of amides is 1. The van der Waals surface area contributed by atoms with Crippen molar-refractivity contribution in [1.29, 1.82) is 0 Å². The Kier molecular flexibility index (Phi) is 8.37. The van der Waals surface area contributed by atoms with E-state index in [1.807, 2.05) is 56.9 Å². The normalized spacial score (nSPS) is 11.3. The molecule has 0 spiro atoms. The summed E-state index contributed by atoms with van der Waals surface area (Å²) in [7, 11) is 1.62. The third-order valence-electron chi connectivity index (χ3n) is 3.73. The van der Waals surface area contributed by atoms with Crippen LogP contribution in [-0.4, -0.2) is 36.6 Å². The van der Waals surface area contributed by atoms with E-state index in [4.69, 9.17) is 9.47 Å². The molecule has 0 N–H and O–H groups in total. The van der Waals surface area contributed by atoms with Gasteiger partial charge in [0, 0.05) is 18.2 Å². The number of carbonyl (C=O) groups is 1. The van der Waals surface area contributed by atoms with Crippen molar-refractivity contribution in [3.8, 4) is 11.5 Å². The predicted octanol–water partition coefficient (Wildman–Crippen LogP) is 4.53. The van der Waals surface area contributed by atoms with Crippen LogP contribution < -0.4 is 9.47 Å². The molecule has 1 aromatic rings. The van der Waals surface area contributed by atoms with Gasteiger partial charge in [0.05, 0.1) is 13.7 Å². The van der Waals surface area contributed by atoms with Gasteiger partial charge in [0.2, 0.25) is 5.91 Å². The highest BCUT2D eigenvalue weighted by Crippen LogP contribution is 2.28. The quantitative estimate of drug-likeness (QED) is 0.492. The van der Waals surface area contributed by atoms with Gasteiger partial charge in [-0.1, -0.05) is 19.4 Å². The zero-order valence-electron chi connectivity index (χ0n) is 15.8. The van der Waals surface area contributed by atoms with Gasteiger partial charge in [-0.05, 0) is 57.9 Å². The molecule has 1 amide bonds. The second-order valence-electron chi connectivity index (χ2n) is 6.38. The van der Waals surface area contributed by atoms with Crippen LogP contribution in [-0.2, 0) is 4.79 Å². The Morgan fingerprint density at radius 3 is 2.38 bits per heavy atom. The van der Waals surface area contributed by atoms with Crippen molar-refractivity contribution < 1.29 is 14.3 Å². The highest BCUT2D eigenvalue weighted by Gasteiger charge is 2.17. The van der Waals surface area contributed by atoms with E-state index in [1.54, 1.807) is 13.2 Å². The zero-order chi connectivity index (χ0) is 18.1. The molecule has 0 unspecified atom stereocenters. The summed E-state index contributed by atoms with van der Waals surface area (Å²) in [5, 5.41) is 0. The van der Waals surface area contributed by atoms with Gasteiger partial charge in [-0.2, -0.15) is 0 Å². The molecule has 0 atom stereocenters. The van der Waals surface area contributed by atoms with E-state index in [2.05, 4.69) is 6.92 Å². The first-order valence-electron chi connectivity index (χ1n) is 8.71. The number of nitrogens with zero attached hydrogens (tertiary/aromatic N) is 1. The lowest BCUT2D eigenvalue weighted by Gasteiger charge is -2.29. The van der Waals surface area contributed by atoms with Gasteiger partial charge in [0.25, 0.3) is 0 Å². The van der Waals surface area contributed by atoms with Crippen molar-refractivity contribution in [2.75, 3.05) is 13.7 Å². The highest BCUT2D eigenvalue weighted by atomic mass is 16.5. The Hall–Kier alpha value is -1.97. The van der Waals surface area contributed by atoms with Crippen LogP contribution in [0.4, 0.5) is 0 Å². The van der Waals surface area contributed by atoms with Crippen LogP contribution in [0.25, 0.3) is 6.08 Å². The lowest BCUT2D eigenvalue weighted by Crippen LogP contribution is -2.41. The van der Waals surface area contributed by atoms with Gasteiger partial charge in [0.15, 0.2) is 11.5 Å². The number of hydrogen-bond acceptors (Lipinski definition) is 3. The molecule has 0 bridgehead atoms. The molecule has 0 saturated carbocycles. The first kappa shape index (κ1) is 20.1. The maximum atomic E-state index is 12.4. The number of unbranched alkanes of at least 4 members (excludes halogenated alkanes) is 1. The number of hydrogen-bond donors (Lipinski definition) is 0. The minimum absolute atomic E-state index is 0.0160. The Morgan fingerprint density at radius 1 is 1.17 bits per heavy atom. The van der Waals surface area contributed by atoms with Crippen molar-refractivity contribution in [1.82, 2.24) is 4.90 Å². The fourth-order valence-electron chi connectivity index (χ4n) is 2.59. The maximum absolute atomic E-state index is 12.4. The van der Waals surface area contributed by atoms with Crippen molar-refractivity contribution in [3.05, 3.63) is 29.8 Å². The van der Waals surface area contributed by atoms with Gasteiger partial charge >= 0.3 is 0 Å². The molecular weight excluding hydrogens is 302 g/mol. The first-order valence-corrected chi connectivity index (χ1v) is 8.71. The Labute approximate surface area is 146 Å². The summed E-state index contributed by atoms with van der Waals surface area (Å²) in [5.74, 6) is 1.44. The molecule has 1 rings (SSSR count). The molecule has 0 aliphatic rings. The third-order valence-corrected chi connectivity index (χ3v) is 3.73. The molecule has 4 heteroatoms. The number of methoxy groups -OCH3 is 1. The van der Waals surface area contributed by atoms with Crippen LogP contribution in [0.1, 0.15) is 53.0 Å². The summed E-state index contributed by atoms with van der Waals surface area (Å²) in [5.41, 5.74) is 0.913. The number of rotatable bonds is 9. The lowest BCUT2D eigenvalue weighted by atomic mass is 10.1. The van der Waals surface area contributed by atoms with Gasteiger partial charge < -0.3 is 14.4 Å². The predicted molar refractivity (Wildman–Crippen MR) is 99.5 cm³/mol. The van der Waals surface area contributed by atoms with Gasteiger partial charge in [0.1, 0.15) is 0 Å². The topological polar surface area (TPSA) is 38.8 Å². The average molecular weight is 333 g/mol. The fourth-order valence-corrected chi connectivity index (χ4v) is 2.59. The Balaban J connectivity index is 2.85. The fraction of sp³-hybridized carbons (Fsp3) is 0.550. The van der Waals surface area contributed by atoms with Crippen LogP contribution in [0.2, 0.25) is 0 Å². The standard InChI is InChI=1S/C20H31NO3/c1-7-8-13-24-18-11-9-17(14-19(18)23-6)10-12-20(22)21(15(2)3)16(4)5/h9-12,14-16H,7-8,13H2,1-6H3/b12-10+. The molecule has 24 heavy (non-hydrogen) atoms. The molecule has 0 fully saturated rings. The summed E-state index contributed by atoms with van der Waals surface area (Å²) in [6, 6.07) is 6.06. The molecule has 0 saturated heterocycles. The van der Waals surface area contributed by atoms with Gasteiger partial charge in [-0.3, -0.25) is 4.79 Å². The van der Waals surface area contributed by atoms with Crippen LogP contribution in [0.3, 0.4) is 0 Å². The molecule has 1 aromatic carbocycles. The van der Waals surface area contributed by atoms with Crippen molar-refractivity contribution in [2.24, 2.45) is 0 Å². The zero-order valence-corrected chi connectivity index (χ0v) is 15.8. The van der Waals surface area contributed by atoms with Gasteiger partial charge in [-0.25, -0.2) is 0 Å². The molecule has 0 aliphatic carbocycles. The largest absolute Gasteiger partial charge is 0.493 e. The number of ether oxygens (including phenoxy) is 2. The maximum Gasteiger partial charge on any atom is 0.247 e. The molecule has 134 valence electrons. The summed E-state index contributed by atoms with van der Waals surface area (Å²) < 4.78 is 11.1.